The largest absolute Gasteiger partial charge is 0.497 e. The summed E-state index contributed by atoms with van der Waals surface area (Å²) < 4.78 is 10.2. The summed E-state index contributed by atoms with van der Waals surface area (Å²) in [5, 5.41) is 4.67. The second-order valence-corrected chi connectivity index (χ2v) is 6.91. The van der Waals surface area contributed by atoms with Crippen molar-refractivity contribution in [1.29, 1.82) is 0 Å². The van der Waals surface area contributed by atoms with Gasteiger partial charge in [0.05, 0.1) is 20.1 Å². The molecule has 1 aliphatic rings. The number of methoxy groups -OCH3 is 1. The highest BCUT2D eigenvalue weighted by atomic mass is 16.5. The smallest absolute Gasteiger partial charge is 0.325 e. The summed E-state index contributed by atoms with van der Waals surface area (Å²) >= 11 is 0. The molecular formula is C21H24N2O5. The first-order chi connectivity index (χ1) is 13.4. The maximum absolute atomic E-state index is 13.0. The van der Waals surface area contributed by atoms with Crippen molar-refractivity contribution in [2.45, 2.75) is 32.2 Å². The number of imide groups is 1. The molecule has 0 unspecified atom stereocenters. The van der Waals surface area contributed by atoms with Crippen LogP contribution in [0.2, 0.25) is 0 Å². The summed E-state index contributed by atoms with van der Waals surface area (Å²) in [7, 11) is 1.61. The lowest BCUT2D eigenvalue weighted by atomic mass is 9.90. The first-order valence-corrected chi connectivity index (χ1v) is 9.27. The molecule has 0 radical (unpaired) electrons. The average Bonchev–Trinajstić information content (AvgIpc) is 2.93. The van der Waals surface area contributed by atoms with Crippen molar-refractivity contribution in [2.75, 3.05) is 20.3 Å². The van der Waals surface area contributed by atoms with Crippen molar-refractivity contribution >= 4 is 28.7 Å². The summed E-state index contributed by atoms with van der Waals surface area (Å²) in [5.41, 5.74) is -0.502. The van der Waals surface area contributed by atoms with Crippen LogP contribution in [0.15, 0.2) is 36.4 Å². The number of rotatable bonds is 7. The van der Waals surface area contributed by atoms with Gasteiger partial charge in [0.2, 0.25) is 0 Å². The van der Waals surface area contributed by atoms with E-state index in [-0.39, 0.29) is 18.9 Å². The molecular weight excluding hydrogens is 360 g/mol. The van der Waals surface area contributed by atoms with Crippen LogP contribution in [-0.4, -0.2) is 43.1 Å². The number of amides is 3. The Bertz CT molecular complexity index is 926. The standard InChI is InChI=1S/C21H24N2O5/c1-4-11-28-18(24)9-10-23-19(25)21(2,22-20(23)26)16-7-5-15-13-17(27-3)8-6-14(15)12-16/h5-8,12-13H,4,9-11H2,1-3H3,(H,22,26)/t21-/m1/s1. The fourth-order valence-electron chi connectivity index (χ4n) is 3.25. The van der Waals surface area contributed by atoms with Crippen LogP contribution in [0, 0.1) is 0 Å². The maximum Gasteiger partial charge on any atom is 0.325 e. The number of hydrogen-bond donors (Lipinski definition) is 1. The quantitative estimate of drug-likeness (QED) is 0.586. The first kappa shape index (κ1) is 19.7. The summed E-state index contributed by atoms with van der Waals surface area (Å²) in [4.78, 5) is 38.1. The minimum atomic E-state index is -1.18. The predicted octanol–water partition coefficient (Wildman–Crippen LogP) is 2.96. The molecule has 1 aliphatic heterocycles. The van der Waals surface area contributed by atoms with Gasteiger partial charge in [-0.1, -0.05) is 25.1 Å². The van der Waals surface area contributed by atoms with Gasteiger partial charge in [-0.3, -0.25) is 14.5 Å². The Hall–Kier alpha value is -3.09. The zero-order valence-electron chi connectivity index (χ0n) is 16.3. The number of carbonyl (C=O) groups excluding carboxylic acids is 3. The number of esters is 1. The average molecular weight is 384 g/mol. The molecule has 7 heteroatoms. The Kier molecular flexibility index (Phi) is 5.53. The molecule has 0 aliphatic carbocycles. The number of urea groups is 1. The number of benzene rings is 2. The van der Waals surface area contributed by atoms with E-state index in [0.717, 1.165) is 27.8 Å². The number of nitrogens with one attached hydrogen (secondary N) is 1. The van der Waals surface area contributed by atoms with Gasteiger partial charge in [-0.25, -0.2) is 4.79 Å². The van der Waals surface area contributed by atoms with Gasteiger partial charge in [0.15, 0.2) is 0 Å². The van der Waals surface area contributed by atoms with Gasteiger partial charge in [-0.2, -0.15) is 0 Å². The molecule has 1 atom stereocenters. The second-order valence-electron chi connectivity index (χ2n) is 6.91. The van der Waals surface area contributed by atoms with Crippen molar-refractivity contribution < 1.29 is 23.9 Å². The van der Waals surface area contributed by atoms with Crippen LogP contribution in [0.1, 0.15) is 32.3 Å². The van der Waals surface area contributed by atoms with Crippen molar-refractivity contribution in [2.24, 2.45) is 0 Å². The van der Waals surface area contributed by atoms with E-state index >= 15 is 0 Å². The lowest BCUT2D eigenvalue weighted by Crippen LogP contribution is -2.41. The highest BCUT2D eigenvalue weighted by molar-refractivity contribution is 6.07. The molecule has 3 amide bonds. The Morgan fingerprint density at radius 3 is 2.57 bits per heavy atom. The van der Waals surface area contributed by atoms with Crippen LogP contribution in [0.3, 0.4) is 0 Å². The molecule has 1 fully saturated rings. The van der Waals surface area contributed by atoms with E-state index in [0.29, 0.717) is 12.2 Å². The van der Waals surface area contributed by atoms with E-state index in [1.165, 1.54) is 0 Å². The van der Waals surface area contributed by atoms with Crippen LogP contribution < -0.4 is 10.1 Å². The molecule has 28 heavy (non-hydrogen) atoms. The zero-order chi connectivity index (χ0) is 20.3. The van der Waals surface area contributed by atoms with Crippen molar-refractivity contribution in [3.63, 3.8) is 0 Å². The van der Waals surface area contributed by atoms with E-state index < -0.39 is 17.5 Å². The Labute approximate surface area is 163 Å². The molecule has 1 N–H and O–H groups in total. The SMILES string of the molecule is CCCOC(=O)CCN1C(=O)N[C@](C)(c2ccc3cc(OC)ccc3c2)C1=O. The highest BCUT2D eigenvalue weighted by Gasteiger charge is 2.48. The summed E-state index contributed by atoms with van der Waals surface area (Å²) in [6.45, 7) is 3.90. The van der Waals surface area contributed by atoms with Gasteiger partial charge in [0.25, 0.3) is 5.91 Å². The summed E-state index contributed by atoms with van der Waals surface area (Å²) in [5.74, 6) is -0.0535. The topological polar surface area (TPSA) is 84.9 Å². The molecule has 2 aromatic carbocycles. The number of nitrogens with zero attached hydrogens (tertiary/aromatic N) is 1. The molecule has 0 saturated carbocycles. The number of hydrogen-bond acceptors (Lipinski definition) is 5. The molecule has 0 spiro atoms. The van der Waals surface area contributed by atoms with Gasteiger partial charge in [0.1, 0.15) is 11.3 Å². The third-order valence-corrected chi connectivity index (χ3v) is 4.91. The van der Waals surface area contributed by atoms with Crippen molar-refractivity contribution in [3.05, 3.63) is 42.0 Å². The van der Waals surface area contributed by atoms with E-state index in [1.54, 1.807) is 14.0 Å². The van der Waals surface area contributed by atoms with E-state index in [2.05, 4.69) is 5.32 Å². The third-order valence-electron chi connectivity index (χ3n) is 4.91. The fourth-order valence-corrected chi connectivity index (χ4v) is 3.25. The Morgan fingerprint density at radius 1 is 1.14 bits per heavy atom. The molecule has 1 saturated heterocycles. The monoisotopic (exact) mass is 384 g/mol. The second kappa shape index (κ2) is 7.88. The molecule has 3 rings (SSSR count). The number of ether oxygens (including phenoxy) is 2. The third kappa shape index (κ3) is 3.65. The van der Waals surface area contributed by atoms with Crippen LogP contribution in [0.4, 0.5) is 4.79 Å². The Morgan fingerprint density at radius 2 is 1.86 bits per heavy atom. The van der Waals surface area contributed by atoms with E-state index in [4.69, 9.17) is 9.47 Å². The van der Waals surface area contributed by atoms with Gasteiger partial charge in [-0.15, -0.1) is 0 Å². The molecule has 2 aromatic rings. The Balaban J connectivity index is 1.80. The fraction of sp³-hybridized carbons (Fsp3) is 0.381. The van der Waals surface area contributed by atoms with Gasteiger partial charge in [0, 0.05) is 6.54 Å². The molecule has 1 heterocycles. The number of carbonyl (C=O) groups is 3. The molecule has 7 nitrogen and oxygen atoms in total. The molecule has 0 aromatic heterocycles. The van der Waals surface area contributed by atoms with Crippen LogP contribution >= 0.6 is 0 Å². The summed E-state index contributed by atoms with van der Waals surface area (Å²) in [6, 6.07) is 10.7. The zero-order valence-corrected chi connectivity index (χ0v) is 16.3. The predicted molar refractivity (Wildman–Crippen MR) is 104 cm³/mol. The lowest BCUT2D eigenvalue weighted by molar-refractivity contribution is -0.144. The first-order valence-electron chi connectivity index (χ1n) is 9.27. The minimum absolute atomic E-state index is 0.00636. The number of fused-ring (bicyclic) bond motifs is 1. The van der Waals surface area contributed by atoms with Crippen molar-refractivity contribution in [1.82, 2.24) is 10.2 Å². The van der Waals surface area contributed by atoms with Crippen LogP contribution in [0.5, 0.6) is 5.75 Å². The highest BCUT2D eigenvalue weighted by Crippen LogP contribution is 2.32. The van der Waals surface area contributed by atoms with E-state index in [1.807, 2.05) is 43.3 Å². The van der Waals surface area contributed by atoms with Gasteiger partial charge >= 0.3 is 12.0 Å². The normalized spacial score (nSPS) is 19.0. The van der Waals surface area contributed by atoms with Crippen molar-refractivity contribution in [3.8, 4) is 5.75 Å². The van der Waals surface area contributed by atoms with Crippen LogP contribution in [0.25, 0.3) is 10.8 Å². The van der Waals surface area contributed by atoms with E-state index in [9.17, 15) is 14.4 Å². The lowest BCUT2D eigenvalue weighted by Gasteiger charge is -2.22. The summed E-state index contributed by atoms with van der Waals surface area (Å²) in [6.07, 6.45) is 0.702. The van der Waals surface area contributed by atoms with Gasteiger partial charge < -0.3 is 14.8 Å². The molecule has 148 valence electrons. The van der Waals surface area contributed by atoms with Crippen LogP contribution in [-0.2, 0) is 19.9 Å². The van der Waals surface area contributed by atoms with Gasteiger partial charge in [-0.05, 0) is 47.9 Å². The maximum atomic E-state index is 13.0. The minimum Gasteiger partial charge on any atom is -0.497 e. The molecule has 0 bridgehead atoms.